The first kappa shape index (κ1) is 16.4. The number of carbonyl (C=O) groups is 1. The van der Waals surface area contributed by atoms with E-state index in [9.17, 15) is 9.00 Å². The van der Waals surface area contributed by atoms with Crippen molar-refractivity contribution in [2.45, 2.75) is 11.4 Å². The van der Waals surface area contributed by atoms with Crippen molar-refractivity contribution < 1.29 is 13.7 Å². The van der Waals surface area contributed by atoms with Gasteiger partial charge in [-0.2, -0.15) is 0 Å². The summed E-state index contributed by atoms with van der Waals surface area (Å²) in [7, 11) is 1.74. The number of methoxy groups -OCH3 is 1. The smallest absolute Gasteiger partial charge is 0.337 e. The molecule has 0 fully saturated rings. The van der Waals surface area contributed by atoms with E-state index in [1.54, 1.807) is 40.6 Å². The summed E-state index contributed by atoms with van der Waals surface area (Å²) in [6.07, 6.45) is 5.05. The fourth-order valence-electron chi connectivity index (χ4n) is 2.54. The van der Waals surface area contributed by atoms with Gasteiger partial charge in [0.05, 0.1) is 23.1 Å². The van der Waals surface area contributed by atoms with Gasteiger partial charge in [0, 0.05) is 30.5 Å². The number of ether oxygens (including phenoxy) is 1. The van der Waals surface area contributed by atoms with E-state index in [0.29, 0.717) is 22.5 Å². The SMILES string of the molecule is CNCc1cn(S(=O)c2cccnc2)c2cc(C(=O)OC)ccc12. The summed E-state index contributed by atoms with van der Waals surface area (Å²) in [5.74, 6) is -0.424. The molecule has 0 aliphatic carbocycles. The minimum absolute atomic E-state index is 0.420. The number of carbonyl (C=O) groups excluding carboxylic acids is 1. The Morgan fingerprint density at radius 2 is 2.21 bits per heavy atom. The fourth-order valence-corrected chi connectivity index (χ4v) is 3.67. The highest BCUT2D eigenvalue weighted by Crippen LogP contribution is 2.25. The quantitative estimate of drug-likeness (QED) is 0.718. The van der Waals surface area contributed by atoms with E-state index in [-0.39, 0.29) is 0 Å². The molecule has 3 aromatic rings. The molecule has 0 radical (unpaired) electrons. The molecule has 7 heteroatoms. The molecule has 6 nitrogen and oxygen atoms in total. The van der Waals surface area contributed by atoms with E-state index in [2.05, 4.69) is 10.3 Å². The van der Waals surface area contributed by atoms with Gasteiger partial charge in [-0.05, 0) is 36.9 Å². The van der Waals surface area contributed by atoms with E-state index in [4.69, 9.17) is 4.74 Å². The molecular formula is C17H17N3O3S. The van der Waals surface area contributed by atoms with Gasteiger partial charge in [-0.1, -0.05) is 6.07 Å². The van der Waals surface area contributed by atoms with E-state index >= 15 is 0 Å². The van der Waals surface area contributed by atoms with Crippen molar-refractivity contribution in [3.05, 3.63) is 60.0 Å². The lowest BCUT2D eigenvalue weighted by Gasteiger charge is -2.06. The van der Waals surface area contributed by atoms with Crippen LogP contribution in [-0.2, 0) is 22.3 Å². The standard InChI is InChI=1S/C17H17N3O3S/c1-18-9-13-11-20(24(22)14-4-3-7-19-10-14)16-8-12(17(21)23-2)5-6-15(13)16/h3-8,10-11,18H,9H2,1-2H3. The number of nitrogens with zero attached hydrogens (tertiary/aromatic N) is 2. The van der Waals surface area contributed by atoms with Gasteiger partial charge in [0.1, 0.15) is 0 Å². The zero-order chi connectivity index (χ0) is 17.1. The van der Waals surface area contributed by atoms with Crippen LogP contribution in [0.5, 0.6) is 0 Å². The van der Waals surface area contributed by atoms with Gasteiger partial charge in [0.2, 0.25) is 0 Å². The molecule has 124 valence electrons. The van der Waals surface area contributed by atoms with Crippen LogP contribution in [0.15, 0.2) is 53.8 Å². The van der Waals surface area contributed by atoms with E-state index in [1.807, 2.05) is 19.3 Å². The van der Waals surface area contributed by atoms with Crippen molar-refractivity contribution >= 4 is 27.9 Å². The Kier molecular flexibility index (Phi) is 4.73. The lowest BCUT2D eigenvalue weighted by atomic mass is 10.1. The van der Waals surface area contributed by atoms with Crippen molar-refractivity contribution in [2.75, 3.05) is 14.2 Å². The Bertz CT molecular complexity index is 906. The molecule has 2 aromatic heterocycles. The summed E-state index contributed by atoms with van der Waals surface area (Å²) in [6.45, 7) is 0.630. The van der Waals surface area contributed by atoms with E-state index in [1.165, 1.54) is 7.11 Å². The highest BCUT2D eigenvalue weighted by atomic mass is 32.2. The van der Waals surface area contributed by atoms with Gasteiger partial charge in [0.25, 0.3) is 0 Å². The number of hydrogen-bond acceptors (Lipinski definition) is 5. The van der Waals surface area contributed by atoms with E-state index in [0.717, 1.165) is 10.9 Å². The van der Waals surface area contributed by atoms with Gasteiger partial charge < -0.3 is 10.1 Å². The summed E-state index contributed by atoms with van der Waals surface area (Å²) < 4.78 is 19.4. The van der Waals surface area contributed by atoms with Crippen LogP contribution in [0.1, 0.15) is 15.9 Å². The molecule has 0 bridgehead atoms. The Balaban J connectivity index is 2.18. The van der Waals surface area contributed by atoms with Crippen molar-refractivity contribution in [1.82, 2.24) is 14.3 Å². The van der Waals surface area contributed by atoms with E-state index < -0.39 is 17.0 Å². The van der Waals surface area contributed by atoms with Gasteiger partial charge >= 0.3 is 5.97 Å². The average Bonchev–Trinajstić information content (AvgIpc) is 2.99. The molecule has 0 saturated carbocycles. The number of benzene rings is 1. The average molecular weight is 343 g/mol. The monoisotopic (exact) mass is 343 g/mol. The van der Waals surface area contributed by atoms with Crippen LogP contribution in [0.4, 0.5) is 0 Å². The molecule has 2 heterocycles. The second kappa shape index (κ2) is 6.94. The summed E-state index contributed by atoms with van der Waals surface area (Å²) in [6, 6.07) is 8.77. The largest absolute Gasteiger partial charge is 0.465 e. The zero-order valence-corrected chi connectivity index (χ0v) is 14.2. The third-order valence-corrected chi connectivity index (χ3v) is 4.96. The molecule has 1 aromatic carbocycles. The van der Waals surface area contributed by atoms with Crippen molar-refractivity contribution in [3.8, 4) is 0 Å². The number of hydrogen-bond donors (Lipinski definition) is 1. The van der Waals surface area contributed by atoms with Crippen LogP contribution in [0.2, 0.25) is 0 Å². The zero-order valence-electron chi connectivity index (χ0n) is 13.4. The molecular weight excluding hydrogens is 326 g/mol. The van der Waals surface area contributed by atoms with Crippen LogP contribution < -0.4 is 5.32 Å². The first-order chi connectivity index (χ1) is 11.7. The van der Waals surface area contributed by atoms with Gasteiger partial charge in [-0.25, -0.2) is 9.00 Å². The van der Waals surface area contributed by atoms with Crippen LogP contribution >= 0.6 is 0 Å². The molecule has 0 spiro atoms. The topological polar surface area (TPSA) is 73.2 Å². The van der Waals surface area contributed by atoms with Gasteiger partial charge in [0.15, 0.2) is 11.0 Å². The second-order valence-corrected chi connectivity index (χ2v) is 6.53. The predicted molar refractivity (Wildman–Crippen MR) is 92.1 cm³/mol. The van der Waals surface area contributed by atoms with Crippen molar-refractivity contribution in [1.29, 1.82) is 0 Å². The predicted octanol–water partition coefficient (Wildman–Crippen LogP) is 2.11. The normalized spacial score (nSPS) is 12.2. The Morgan fingerprint density at radius 3 is 2.88 bits per heavy atom. The molecule has 3 rings (SSSR count). The number of esters is 1. The van der Waals surface area contributed by atoms with Crippen molar-refractivity contribution in [3.63, 3.8) is 0 Å². The summed E-state index contributed by atoms with van der Waals surface area (Å²) in [5, 5.41) is 4.04. The summed E-state index contributed by atoms with van der Waals surface area (Å²) in [5.41, 5.74) is 2.13. The molecule has 0 aliphatic rings. The first-order valence-electron chi connectivity index (χ1n) is 7.35. The highest BCUT2D eigenvalue weighted by molar-refractivity contribution is 7.83. The molecule has 1 N–H and O–H groups in total. The number of fused-ring (bicyclic) bond motifs is 1. The van der Waals surface area contributed by atoms with Crippen LogP contribution in [0, 0.1) is 0 Å². The third kappa shape index (κ3) is 2.95. The molecule has 0 aliphatic heterocycles. The number of pyridine rings is 1. The second-order valence-electron chi connectivity index (χ2n) is 5.17. The first-order valence-corrected chi connectivity index (χ1v) is 8.45. The Hall–Kier alpha value is -2.51. The lowest BCUT2D eigenvalue weighted by molar-refractivity contribution is 0.0601. The maximum Gasteiger partial charge on any atom is 0.337 e. The molecule has 24 heavy (non-hydrogen) atoms. The number of aromatic nitrogens is 2. The van der Waals surface area contributed by atoms with Crippen LogP contribution in [0.25, 0.3) is 10.9 Å². The number of nitrogens with one attached hydrogen (secondary N) is 1. The molecule has 1 unspecified atom stereocenters. The molecule has 1 atom stereocenters. The maximum absolute atomic E-state index is 12.9. The lowest BCUT2D eigenvalue weighted by Crippen LogP contribution is -2.06. The van der Waals surface area contributed by atoms with Crippen molar-refractivity contribution in [2.24, 2.45) is 0 Å². The maximum atomic E-state index is 12.9. The minimum atomic E-state index is -1.45. The van der Waals surface area contributed by atoms with Crippen LogP contribution in [0.3, 0.4) is 0 Å². The molecule has 0 amide bonds. The Morgan fingerprint density at radius 1 is 1.38 bits per heavy atom. The summed E-state index contributed by atoms with van der Waals surface area (Å²) >= 11 is 0. The van der Waals surface area contributed by atoms with Crippen LogP contribution in [-0.4, -0.2) is 33.3 Å². The van der Waals surface area contributed by atoms with Gasteiger partial charge in [-0.3, -0.25) is 8.96 Å². The Labute approximate surface area is 142 Å². The molecule has 0 saturated heterocycles. The fraction of sp³-hybridized carbons (Fsp3) is 0.176. The number of rotatable bonds is 5. The third-order valence-electron chi connectivity index (χ3n) is 3.66. The minimum Gasteiger partial charge on any atom is -0.465 e. The summed E-state index contributed by atoms with van der Waals surface area (Å²) in [4.78, 5) is 16.4. The highest BCUT2D eigenvalue weighted by Gasteiger charge is 2.16. The van der Waals surface area contributed by atoms with Gasteiger partial charge in [-0.15, -0.1) is 0 Å².